The molecule has 0 radical (unpaired) electrons. The summed E-state index contributed by atoms with van der Waals surface area (Å²) in [5.41, 5.74) is 2.20. The second-order valence-corrected chi connectivity index (χ2v) is 2.94. The first-order valence-electron chi connectivity index (χ1n) is 3.94. The molecule has 0 heterocycles. The van der Waals surface area contributed by atoms with Crippen molar-refractivity contribution in [1.29, 1.82) is 0 Å². The molecule has 0 spiro atoms. The molecule has 1 aromatic carbocycles. The smallest absolute Gasteiger partial charge is 0.124 e. The average Bonchev–Trinajstić information content (AvgIpc) is 2.05. The molecule has 0 atom stereocenters. The van der Waals surface area contributed by atoms with Crippen LogP contribution in [0.2, 0.25) is 0 Å². The number of aldehydes is 1. The van der Waals surface area contributed by atoms with Gasteiger partial charge in [-0.05, 0) is 17.7 Å². The Hall–Kier alpha value is -1.31. The van der Waals surface area contributed by atoms with Crippen molar-refractivity contribution < 1.29 is 4.79 Å². The van der Waals surface area contributed by atoms with Crippen LogP contribution in [0.4, 0.5) is 5.69 Å². The van der Waals surface area contributed by atoms with E-state index in [0.717, 1.165) is 17.5 Å². The Morgan fingerprint density at radius 3 is 2.75 bits per heavy atom. The van der Waals surface area contributed by atoms with E-state index in [1.54, 1.807) is 0 Å². The summed E-state index contributed by atoms with van der Waals surface area (Å²) < 4.78 is 0. The molecule has 0 aliphatic heterocycles. The summed E-state index contributed by atoms with van der Waals surface area (Å²) in [6.45, 7) is 0. The normalized spacial score (nSPS) is 9.50. The lowest BCUT2D eigenvalue weighted by Crippen LogP contribution is -2.08. The van der Waals surface area contributed by atoms with E-state index >= 15 is 0 Å². The first-order valence-corrected chi connectivity index (χ1v) is 3.94. The number of hydrogen-bond donors (Lipinski definition) is 0. The second kappa shape index (κ2) is 3.90. The molecule has 0 saturated carbocycles. The van der Waals surface area contributed by atoms with Gasteiger partial charge in [0.05, 0.1) is 0 Å². The van der Waals surface area contributed by atoms with Gasteiger partial charge in [-0.2, -0.15) is 0 Å². The van der Waals surface area contributed by atoms with E-state index in [1.165, 1.54) is 0 Å². The van der Waals surface area contributed by atoms with Crippen LogP contribution in [0, 0.1) is 0 Å². The SMILES string of the molecule is CN(C)c1cccc(CC=O)c1. The third kappa shape index (κ3) is 2.09. The second-order valence-electron chi connectivity index (χ2n) is 2.94. The summed E-state index contributed by atoms with van der Waals surface area (Å²) >= 11 is 0. The molecule has 0 bridgehead atoms. The van der Waals surface area contributed by atoms with Crippen molar-refractivity contribution in [3.63, 3.8) is 0 Å². The van der Waals surface area contributed by atoms with Crippen LogP contribution in [-0.2, 0) is 11.2 Å². The van der Waals surface area contributed by atoms with E-state index in [4.69, 9.17) is 0 Å². The van der Waals surface area contributed by atoms with Crippen LogP contribution >= 0.6 is 0 Å². The molecule has 2 nitrogen and oxygen atoms in total. The van der Waals surface area contributed by atoms with Crippen molar-refractivity contribution >= 4 is 12.0 Å². The van der Waals surface area contributed by atoms with E-state index in [-0.39, 0.29) is 0 Å². The lowest BCUT2D eigenvalue weighted by atomic mass is 10.1. The van der Waals surface area contributed by atoms with Crippen LogP contribution in [0.5, 0.6) is 0 Å². The van der Waals surface area contributed by atoms with Crippen molar-refractivity contribution in [3.05, 3.63) is 29.8 Å². The van der Waals surface area contributed by atoms with Crippen LogP contribution in [0.1, 0.15) is 5.56 Å². The standard InChI is InChI=1S/C10H13NO/c1-11(2)10-5-3-4-9(8-10)6-7-12/h3-5,7-8H,6H2,1-2H3. The predicted octanol–water partition coefficient (Wildman–Crippen LogP) is 1.49. The number of rotatable bonds is 3. The lowest BCUT2D eigenvalue weighted by Gasteiger charge is -2.12. The Bertz CT molecular complexity index is 268. The van der Waals surface area contributed by atoms with Crippen molar-refractivity contribution in [2.75, 3.05) is 19.0 Å². The van der Waals surface area contributed by atoms with Gasteiger partial charge in [0, 0.05) is 26.2 Å². The fourth-order valence-electron chi connectivity index (χ4n) is 1.06. The molecular weight excluding hydrogens is 150 g/mol. The molecule has 0 amide bonds. The Kier molecular flexibility index (Phi) is 2.86. The number of benzene rings is 1. The lowest BCUT2D eigenvalue weighted by molar-refractivity contribution is -0.107. The van der Waals surface area contributed by atoms with Gasteiger partial charge < -0.3 is 9.69 Å². The van der Waals surface area contributed by atoms with E-state index in [9.17, 15) is 4.79 Å². The molecular formula is C10H13NO. The van der Waals surface area contributed by atoms with Gasteiger partial charge in [0.2, 0.25) is 0 Å². The summed E-state index contributed by atoms with van der Waals surface area (Å²) in [6.07, 6.45) is 1.43. The van der Waals surface area contributed by atoms with E-state index in [1.807, 2.05) is 43.3 Å². The minimum atomic E-state index is 0.502. The van der Waals surface area contributed by atoms with Gasteiger partial charge >= 0.3 is 0 Å². The molecule has 0 fully saturated rings. The zero-order chi connectivity index (χ0) is 8.97. The molecule has 1 rings (SSSR count). The maximum absolute atomic E-state index is 10.2. The zero-order valence-electron chi connectivity index (χ0n) is 7.45. The Balaban J connectivity index is 2.87. The highest BCUT2D eigenvalue weighted by Crippen LogP contribution is 2.12. The summed E-state index contributed by atoms with van der Waals surface area (Å²) in [6, 6.07) is 7.97. The maximum Gasteiger partial charge on any atom is 0.124 e. The van der Waals surface area contributed by atoms with Crippen molar-refractivity contribution in [3.8, 4) is 0 Å². The van der Waals surface area contributed by atoms with Gasteiger partial charge in [-0.15, -0.1) is 0 Å². The highest BCUT2D eigenvalue weighted by Gasteiger charge is 1.95. The van der Waals surface area contributed by atoms with E-state index < -0.39 is 0 Å². The largest absolute Gasteiger partial charge is 0.378 e. The molecule has 0 N–H and O–H groups in total. The molecule has 2 heteroatoms. The van der Waals surface area contributed by atoms with Crippen LogP contribution in [0.3, 0.4) is 0 Å². The van der Waals surface area contributed by atoms with E-state index in [0.29, 0.717) is 6.42 Å². The van der Waals surface area contributed by atoms with Crippen LogP contribution in [0.25, 0.3) is 0 Å². The molecule has 0 aliphatic carbocycles. The Morgan fingerprint density at radius 1 is 1.42 bits per heavy atom. The average molecular weight is 163 g/mol. The van der Waals surface area contributed by atoms with Crippen molar-refractivity contribution in [1.82, 2.24) is 0 Å². The first-order chi connectivity index (χ1) is 5.74. The molecule has 0 aliphatic rings. The highest BCUT2D eigenvalue weighted by molar-refractivity contribution is 5.57. The number of nitrogens with zero attached hydrogens (tertiary/aromatic N) is 1. The molecule has 0 saturated heterocycles. The van der Waals surface area contributed by atoms with Crippen LogP contribution < -0.4 is 4.90 Å². The van der Waals surface area contributed by atoms with Gasteiger partial charge in [0.1, 0.15) is 6.29 Å². The molecule has 12 heavy (non-hydrogen) atoms. The molecule has 0 aromatic heterocycles. The summed E-state index contributed by atoms with van der Waals surface area (Å²) in [5.74, 6) is 0. The number of carbonyl (C=O) groups is 1. The highest BCUT2D eigenvalue weighted by atomic mass is 16.1. The first kappa shape index (κ1) is 8.78. The molecule has 1 aromatic rings. The third-order valence-electron chi connectivity index (χ3n) is 1.75. The minimum absolute atomic E-state index is 0.502. The quantitative estimate of drug-likeness (QED) is 0.629. The van der Waals surface area contributed by atoms with Gasteiger partial charge in [0.15, 0.2) is 0 Å². The summed E-state index contributed by atoms with van der Waals surface area (Å²) in [4.78, 5) is 12.3. The minimum Gasteiger partial charge on any atom is -0.378 e. The third-order valence-corrected chi connectivity index (χ3v) is 1.75. The predicted molar refractivity (Wildman–Crippen MR) is 50.5 cm³/mol. The van der Waals surface area contributed by atoms with Gasteiger partial charge in [0.25, 0.3) is 0 Å². The van der Waals surface area contributed by atoms with Crippen molar-refractivity contribution in [2.24, 2.45) is 0 Å². The number of anilines is 1. The topological polar surface area (TPSA) is 20.3 Å². The van der Waals surface area contributed by atoms with Gasteiger partial charge in [-0.25, -0.2) is 0 Å². The Labute approximate surface area is 72.8 Å². The number of carbonyl (C=O) groups excluding carboxylic acids is 1. The zero-order valence-corrected chi connectivity index (χ0v) is 7.45. The number of hydrogen-bond acceptors (Lipinski definition) is 2. The van der Waals surface area contributed by atoms with E-state index in [2.05, 4.69) is 0 Å². The molecule has 64 valence electrons. The van der Waals surface area contributed by atoms with Crippen LogP contribution in [0.15, 0.2) is 24.3 Å². The fourth-order valence-corrected chi connectivity index (χ4v) is 1.06. The maximum atomic E-state index is 10.2. The monoisotopic (exact) mass is 163 g/mol. The molecule has 0 unspecified atom stereocenters. The fraction of sp³-hybridized carbons (Fsp3) is 0.300. The summed E-state index contributed by atoms with van der Waals surface area (Å²) in [7, 11) is 3.97. The van der Waals surface area contributed by atoms with Gasteiger partial charge in [-0.3, -0.25) is 0 Å². The van der Waals surface area contributed by atoms with Crippen molar-refractivity contribution in [2.45, 2.75) is 6.42 Å². The van der Waals surface area contributed by atoms with Gasteiger partial charge in [-0.1, -0.05) is 12.1 Å². The Morgan fingerprint density at radius 2 is 2.17 bits per heavy atom. The van der Waals surface area contributed by atoms with Crippen LogP contribution in [-0.4, -0.2) is 20.4 Å². The summed E-state index contributed by atoms with van der Waals surface area (Å²) in [5, 5.41) is 0.